The van der Waals surface area contributed by atoms with E-state index >= 15 is 0 Å². The summed E-state index contributed by atoms with van der Waals surface area (Å²) in [6.07, 6.45) is -2.29. The predicted octanol–water partition coefficient (Wildman–Crippen LogP) is -0.437. The number of carboxylic acids is 3. The number of nitrogens with two attached hydrogens (primary N) is 1. The number of amides is 1. The molecular formula is C16H21NO11. The average Bonchev–Trinajstić information content (AvgIpc) is 2.58. The van der Waals surface area contributed by atoms with Crippen molar-refractivity contribution in [3.05, 3.63) is 17.7 Å². The molecule has 0 aliphatic carbocycles. The van der Waals surface area contributed by atoms with E-state index in [4.69, 9.17) is 40.4 Å². The number of rotatable bonds is 9. The molecule has 0 aliphatic rings. The molecule has 12 heteroatoms. The zero-order valence-electron chi connectivity index (χ0n) is 15.3. The van der Waals surface area contributed by atoms with Gasteiger partial charge in [-0.3, -0.25) is 14.4 Å². The fourth-order valence-corrected chi connectivity index (χ4v) is 2.01. The van der Waals surface area contributed by atoms with Crippen LogP contribution in [-0.2, 0) is 14.4 Å². The van der Waals surface area contributed by atoms with Crippen LogP contribution in [0.3, 0.4) is 0 Å². The van der Waals surface area contributed by atoms with Crippen molar-refractivity contribution in [3.8, 4) is 17.2 Å². The lowest BCUT2D eigenvalue weighted by Crippen LogP contribution is -2.42. The van der Waals surface area contributed by atoms with E-state index in [1.807, 2.05) is 0 Å². The Labute approximate surface area is 159 Å². The van der Waals surface area contributed by atoms with Crippen molar-refractivity contribution in [2.24, 2.45) is 5.73 Å². The lowest BCUT2D eigenvalue weighted by molar-refractivity contribution is -0.170. The van der Waals surface area contributed by atoms with Crippen molar-refractivity contribution in [1.29, 1.82) is 0 Å². The minimum Gasteiger partial charge on any atom is -0.493 e. The summed E-state index contributed by atoms with van der Waals surface area (Å²) in [4.78, 5) is 41.6. The Hall–Kier alpha value is -3.54. The summed E-state index contributed by atoms with van der Waals surface area (Å²) < 4.78 is 15.2. The summed E-state index contributed by atoms with van der Waals surface area (Å²) in [6.45, 7) is 0. The smallest absolute Gasteiger partial charge is 0.336 e. The Morgan fingerprint density at radius 3 is 1.64 bits per heavy atom. The van der Waals surface area contributed by atoms with Crippen molar-refractivity contribution in [2.45, 2.75) is 18.4 Å². The van der Waals surface area contributed by atoms with Gasteiger partial charge in [0.05, 0.1) is 39.7 Å². The van der Waals surface area contributed by atoms with Gasteiger partial charge in [-0.15, -0.1) is 0 Å². The minimum atomic E-state index is -2.74. The summed E-state index contributed by atoms with van der Waals surface area (Å²) in [5.41, 5.74) is 2.71. The number of methoxy groups -OCH3 is 3. The van der Waals surface area contributed by atoms with Gasteiger partial charge in [0, 0.05) is 0 Å². The Morgan fingerprint density at radius 1 is 0.893 bits per heavy atom. The second-order valence-electron chi connectivity index (χ2n) is 5.22. The largest absolute Gasteiger partial charge is 0.493 e. The van der Waals surface area contributed by atoms with E-state index in [-0.39, 0.29) is 11.3 Å². The van der Waals surface area contributed by atoms with E-state index < -0.39 is 42.3 Å². The normalized spacial score (nSPS) is 10.1. The van der Waals surface area contributed by atoms with Gasteiger partial charge in [0.1, 0.15) is 0 Å². The molecule has 12 nitrogen and oxygen atoms in total. The fraction of sp³-hybridized carbons (Fsp3) is 0.375. The van der Waals surface area contributed by atoms with Crippen LogP contribution in [0, 0.1) is 0 Å². The molecule has 0 bridgehead atoms. The Morgan fingerprint density at radius 2 is 1.36 bits per heavy atom. The van der Waals surface area contributed by atoms with Crippen LogP contribution < -0.4 is 19.9 Å². The van der Waals surface area contributed by atoms with Crippen LogP contribution in [0.25, 0.3) is 0 Å². The van der Waals surface area contributed by atoms with Gasteiger partial charge in [-0.2, -0.15) is 0 Å². The van der Waals surface area contributed by atoms with Gasteiger partial charge in [-0.05, 0) is 12.1 Å². The van der Waals surface area contributed by atoms with Gasteiger partial charge in [0.25, 0.3) is 5.91 Å². The second-order valence-corrected chi connectivity index (χ2v) is 5.22. The molecule has 0 heterocycles. The zero-order chi connectivity index (χ0) is 22.1. The second kappa shape index (κ2) is 10.6. The van der Waals surface area contributed by atoms with Gasteiger partial charge < -0.3 is 40.4 Å². The SMILES string of the molecule is COc1ccc(C(N)=O)c(OC)c1OC.O=C(O)CC(O)(CC(=O)O)C(=O)O. The van der Waals surface area contributed by atoms with Gasteiger partial charge in [0.2, 0.25) is 5.75 Å². The molecule has 0 radical (unpaired) electrons. The maximum Gasteiger partial charge on any atom is 0.336 e. The first-order valence-corrected chi connectivity index (χ1v) is 7.41. The highest BCUT2D eigenvalue weighted by atomic mass is 16.5. The van der Waals surface area contributed by atoms with Crippen molar-refractivity contribution >= 4 is 23.8 Å². The molecule has 0 fully saturated rings. The van der Waals surface area contributed by atoms with Crippen molar-refractivity contribution in [3.63, 3.8) is 0 Å². The van der Waals surface area contributed by atoms with Crippen LogP contribution in [0.5, 0.6) is 17.2 Å². The molecule has 0 saturated heterocycles. The van der Waals surface area contributed by atoms with Gasteiger partial charge in [-0.1, -0.05) is 0 Å². The van der Waals surface area contributed by atoms with Crippen molar-refractivity contribution in [1.82, 2.24) is 0 Å². The third-order valence-corrected chi connectivity index (χ3v) is 3.26. The molecular weight excluding hydrogens is 382 g/mol. The number of primary amides is 1. The first-order chi connectivity index (χ1) is 12.9. The van der Waals surface area contributed by atoms with Crippen molar-refractivity contribution in [2.75, 3.05) is 21.3 Å². The summed E-state index contributed by atoms with van der Waals surface area (Å²) in [5.74, 6) is -4.47. The van der Waals surface area contributed by atoms with Crippen LogP contribution >= 0.6 is 0 Å². The number of aliphatic hydroxyl groups is 1. The molecule has 28 heavy (non-hydrogen) atoms. The lowest BCUT2D eigenvalue weighted by atomic mass is 9.96. The van der Waals surface area contributed by atoms with E-state index in [1.165, 1.54) is 27.4 Å². The number of carboxylic acid groups (broad SMARTS) is 3. The number of carbonyl (C=O) groups is 4. The Balaban J connectivity index is 0.000000528. The van der Waals surface area contributed by atoms with E-state index in [0.29, 0.717) is 11.5 Å². The topological polar surface area (TPSA) is 203 Å². The van der Waals surface area contributed by atoms with Crippen LogP contribution in [-0.4, -0.2) is 71.2 Å². The quantitative estimate of drug-likeness (QED) is 0.357. The Bertz CT molecular complexity index is 728. The third kappa shape index (κ3) is 6.64. The van der Waals surface area contributed by atoms with Crippen LogP contribution in [0.2, 0.25) is 0 Å². The van der Waals surface area contributed by atoms with Crippen LogP contribution in [0.1, 0.15) is 23.2 Å². The minimum absolute atomic E-state index is 0.259. The predicted molar refractivity (Wildman–Crippen MR) is 91.7 cm³/mol. The molecule has 1 aromatic carbocycles. The molecule has 0 spiro atoms. The first-order valence-electron chi connectivity index (χ1n) is 7.41. The molecule has 0 unspecified atom stereocenters. The molecule has 156 valence electrons. The lowest BCUT2D eigenvalue weighted by Gasteiger charge is -2.18. The van der Waals surface area contributed by atoms with Gasteiger partial charge in [-0.25, -0.2) is 4.79 Å². The van der Waals surface area contributed by atoms with Gasteiger partial charge in [0.15, 0.2) is 17.1 Å². The summed E-state index contributed by atoms with van der Waals surface area (Å²) >= 11 is 0. The van der Waals surface area contributed by atoms with E-state index in [1.54, 1.807) is 6.07 Å². The number of hydrogen-bond donors (Lipinski definition) is 5. The summed E-state index contributed by atoms with van der Waals surface area (Å²) in [5, 5.41) is 33.8. The van der Waals surface area contributed by atoms with Gasteiger partial charge >= 0.3 is 17.9 Å². The number of carbonyl (C=O) groups excluding carboxylic acids is 1. The molecule has 1 aromatic rings. The highest BCUT2D eigenvalue weighted by Crippen LogP contribution is 2.39. The average molecular weight is 403 g/mol. The number of aliphatic carboxylic acids is 3. The van der Waals surface area contributed by atoms with Crippen LogP contribution in [0.4, 0.5) is 0 Å². The maximum atomic E-state index is 11.1. The third-order valence-electron chi connectivity index (χ3n) is 3.26. The molecule has 0 aromatic heterocycles. The molecule has 0 saturated carbocycles. The van der Waals surface area contributed by atoms with Crippen molar-refractivity contribution < 1.29 is 53.8 Å². The molecule has 0 aliphatic heterocycles. The van der Waals surface area contributed by atoms with Crippen LogP contribution in [0.15, 0.2) is 12.1 Å². The highest BCUT2D eigenvalue weighted by Gasteiger charge is 2.40. The zero-order valence-corrected chi connectivity index (χ0v) is 15.3. The molecule has 1 amide bonds. The highest BCUT2D eigenvalue weighted by molar-refractivity contribution is 5.97. The first kappa shape index (κ1) is 24.5. The van der Waals surface area contributed by atoms with E-state index in [9.17, 15) is 19.2 Å². The number of benzene rings is 1. The number of ether oxygens (including phenoxy) is 3. The molecule has 6 N–H and O–H groups in total. The molecule has 1 rings (SSSR count). The fourth-order valence-electron chi connectivity index (χ4n) is 2.01. The van der Waals surface area contributed by atoms with E-state index in [2.05, 4.69) is 0 Å². The van der Waals surface area contributed by atoms with E-state index in [0.717, 1.165) is 0 Å². The number of hydrogen-bond acceptors (Lipinski definition) is 8. The maximum absolute atomic E-state index is 11.1. The molecule has 0 atom stereocenters. The summed E-state index contributed by atoms with van der Waals surface area (Å²) in [6, 6.07) is 3.13. The summed E-state index contributed by atoms with van der Waals surface area (Å²) in [7, 11) is 4.40. The monoisotopic (exact) mass is 403 g/mol. The Kier molecular flexibility index (Phi) is 9.23. The standard InChI is InChI=1S/C10H13NO4.C6H8O7/c1-13-7-5-4-6(10(11)12)8(14-2)9(7)15-3;7-3(8)1-6(13,5(11)12)2-4(9)10/h4-5H,1-3H3,(H2,11,12);13H,1-2H2,(H,7,8)(H,9,10)(H,11,12).